The van der Waals surface area contributed by atoms with Gasteiger partial charge in [0.05, 0.1) is 17.3 Å². The van der Waals surface area contributed by atoms with Crippen LogP contribution in [0.4, 0.5) is 0 Å². The molecule has 2 rings (SSSR count). The summed E-state index contributed by atoms with van der Waals surface area (Å²) in [7, 11) is 0. The molecule has 0 bridgehead atoms. The molecule has 1 aromatic heterocycles. The highest BCUT2D eigenvalue weighted by Gasteiger charge is 2.24. The van der Waals surface area contributed by atoms with Crippen LogP contribution in [0.5, 0.6) is 0 Å². The fourth-order valence-corrected chi connectivity index (χ4v) is 3.17. The van der Waals surface area contributed by atoms with Gasteiger partial charge < -0.3 is 10.4 Å². The normalized spacial score (nSPS) is 22.5. The van der Waals surface area contributed by atoms with Gasteiger partial charge in [0, 0.05) is 17.0 Å². The van der Waals surface area contributed by atoms with Gasteiger partial charge in [-0.2, -0.15) is 0 Å². The van der Waals surface area contributed by atoms with Crippen LogP contribution < -0.4 is 5.32 Å². The van der Waals surface area contributed by atoms with Gasteiger partial charge in [-0.05, 0) is 33.1 Å². The molecule has 15 heavy (non-hydrogen) atoms. The molecule has 2 N–H and O–H groups in total. The minimum Gasteiger partial charge on any atom is -0.395 e. The molecule has 3 nitrogen and oxygen atoms in total. The Morgan fingerprint density at radius 3 is 3.20 bits per heavy atom. The maximum absolute atomic E-state index is 9.04. The zero-order valence-electron chi connectivity index (χ0n) is 9.29. The van der Waals surface area contributed by atoms with Gasteiger partial charge in [0.1, 0.15) is 0 Å². The maximum Gasteiger partial charge on any atom is 0.0900 e. The summed E-state index contributed by atoms with van der Waals surface area (Å²) in [6, 6.07) is 0.574. The van der Waals surface area contributed by atoms with E-state index in [2.05, 4.69) is 17.2 Å². The largest absolute Gasteiger partial charge is 0.395 e. The van der Waals surface area contributed by atoms with E-state index in [1.165, 1.54) is 23.4 Å². The maximum atomic E-state index is 9.04. The molecule has 84 valence electrons. The van der Waals surface area contributed by atoms with Crippen molar-refractivity contribution < 1.29 is 5.11 Å². The van der Waals surface area contributed by atoms with Gasteiger partial charge >= 0.3 is 0 Å². The molecule has 1 aliphatic carbocycles. The third-order valence-electron chi connectivity index (χ3n) is 2.82. The molecular weight excluding hydrogens is 208 g/mol. The number of hydrogen-bond donors (Lipinski definition) is 2. The molecule has 4 heteroatoms. The molecule has 0 amide bonds. The van der Waals surface area contributed by atoms with E-state index < -0.39 is 0 Å². The lowest BCUT2D eigenvalue weighted by Crippen LogP contribution is -2.34. The van der Waals surface area contributed by atoms with Crippen molar-refractivity contribution >= 4 is 11.3 Å². The lowest BCUT2D eigenvalue weighted by molar-refractivity contribution is 0.237. The lowest BCUT2D eigenvalue weighted by atomic mass is 9.97. The van der Waals surface area contributed by atoms with Crippen LogP contribution in [0, 0.1) is 6.92 Å². The average Bonchev–Trinajstić information content (AvgIpc) is 2.59. The third kappa shape index (κ3) is 2.38. The second kappa shape index (κ2) is 4.60. The van der Waals surface area contributed by atoms with Gasteiger partial charge in [-0.3, -0.25) is 0 Å². The second-order valence-electron chi connectivity index (χ2n) is 4.24. The number of nitrogens with zero attached hydrogens (tertiary/aromatic N) is 1. The molecular formula is C11H18N2OS. The number of hydrogen-bond acceptors (Lipinski definition) is 4. The molecule has 0 aromatic carbocycles. The van der Waals surface area contributed by atoms with Crippen LogP contribution in [-0.2, 0) is 6.42 Å². The molecule has 0 spiro atoms. The molecule has 1 aliphatic rings. The number of nitrogens with one attached hydrogen (secondary N) is 1. The quantitative estimate of drug-likeness (QED) is 0.826. The highest BCUT2D eigenvalue weighted by Crippen LogP contribution is 2.34. The fourth-order valence-electron chi connectivity index (χ4n) is 2.10. The van der Waals surface area contributed by atoms with Crippen LogP contribution in [0.3, 0.4) is 0 Å². The van der Waals surface area contributed by atoms with Crippen LogP contribution in [0.2, 0.25) is 0 Å². The van der Waals surface area contributed by atoms with E-state index in [1.807, 2.05) is 6.92 Å². The summed E-state index contributed by atoms with van der Waals surface area (Å²) in [5.74, 6) is 0. The Balaban J connectivity index is 2.14. The Kier molecular flexibility index (Phi) is 3.38. The minimum absolute atomic E-state index is 0.170. The third-order valence-corrected chi connectivity index (χ3v) is 3.94. The predicted octanol–water partition coefficient (Wildman–Crippen LogP) is 1.80. The van der Waals surface area contributed by atoms with Crippen molar-refractivity contribution in [3.05, 3.63) is 15.6 Å². The van der Waals surface area contributed by atoms with Gasteiger partial charge in [-0.15, -0.1) is 11.3 Å². The monoisotopic (exact) mass is 226 g/mol. The highest BCUT2D eigenvalue weighted by molar-refractivity contribution is 7.11. The van der Waals surface area contributed by atoms with E-state index in [-0.39, 0.29) is 12.6 Å². The van der Waals surface area contributed by atoms with E-state index in [0.717, 1.165) is 11.4 Å². The summed E-state index contributed by atoms with van der Waals surface area (Å²) in [4.78, 5) is 5.94. The molecule has 1 aromatic rings. The van der Waals surface area contributed by atoms with Crippen molar-refractivity contribution in [1.82, 2.24) is 10.3 Å². The standard InChI is InChI=1S/C11H18N2OS/c1-7(6-14)12-9-4-3-5-10-11(9)15-8(2)13-10/h7,9,12,14H,3-6H2,1-2H3. The Morgan fingerprint density at radius 1 is 1.67 bits per heavy atom. The first-order valence-corrected chi connectivity index (χ1v) is 6.35. The van der Waals surface area contributed by atoms with Crippen LogP contribution in [0.1, 0.15) is 41.4 Å². The zero-order chi connectivity index (χ0) is 10.8. The van der Waals surface area contributed by atoms with Gasteiger partial charge in [0.2, 0.25) is 0 Å². The first-order valence-electron chi connectivity index (χ1n) is 5.54. The van der Waals surface area contributed by atoms with Crippen molar-refractivity contribution in [2.45, 2.75) is 45.2 Å². The molecule has 2 atom stereocenters. The minimum atomic E-state index is 0.170. The first kappa shape index (κ1) is 11.0. The van der Waals surface area contributed by atoms with E-state index in [1.54, 1.807) is 11.3 Å². The van der Waals surface area contributed by atoms with Crippen LogP contribution in [0.25, 0.3) is 0 Å². The number of aliphatic hydroxyl groups excluding tert-OH is 1. The Morgan fingerprint density at radius 2 is 2.47 bits per heavy atom. The van der Waals surface area contributed by atoms with Gasteiger partial charge in [0.25, 0.3) is 0 Å². The van der Waals surface area contributed by atoms with Crippen LogP contribution in [-0.4, -0.2) is 22.7 Å². The number of rotatable bonds is 3. The predicted molar refractivity (Wildman–Crippen MR) is 62.2 cm³/mol. The molecule has 2 unspecified atom stereocenters. The van der Waals surface area contributed by atoms with E-state index in [0.29, 0.717) is 6.04 Å². The topological polar surface area (TPSA) is 45.2 Å². The van der Waals surface area contributed by atoms with Crippen LogP contribution in [0.15, 0.2) is 0 Å². The van der Waals surface area contributed by atoms with E-state index in [4.69, 9.17) is 5.11 Å². The van der Waals surface area contributed by atoms with Gasteiger partial charge in [-0.1, -0.05) is 0 Å². The molecule has 0 radical (unpaired) electrons. The average molecular weight is 226 g/mol. The smallest absolute Gasteiger partial charge is 0.0900 e. The van der Waals surface area contributed by atoms with Crippen molar-refractivity contribution in [2.24, 2.45) is 0 Å². The van der Waals surface area contributed by atoms with Gasteiger partial charge in [-0.25, -0.2) is 4.98 Å². The Bertz CT molecular complexity index is 337. The zero-order valence-corrected chi connectivity index (χ0v) is 10.1. The summed E-state index contributed by atoms with van der Waals surface area (Å²) < 4.78 is 0. The van der Waals surface area contributed by atoms with Gasteiger partial charge in [0.15, 0.2) is 0 Å². The lowest BCUT2D eigenvalue weighted by Gasteiger charge is -2.25. The molecule has 0 fully saturated rings. The van der Waals surface area contributed by atoms with E-state index >= 15 is 0 Å². The number of aromatic nitrogens is 1. The fraction of sp³-hybridized carbons (Fsp3) is 0.727. The van der Waals surface area contributed by atoms with Crippen molar-refractivity contribution in [3.8, 4) is 0 Å². The summed E-state index contributed by atoms with van der Waals surface area (Å²) in [5.41, 5.74) is 1.27. The summed E-state index contributed by atoms with van der Waals surface area (Å²) in [6.45, 7) is 4.28. The Hall–Kier alpha value is -0.450. The molecule has 0 saturated heterocycles. The van der Waals surface area contributed by atoms with Crippen molar-refractivity contribution in [3.63, 3.8) is 0 Å². The number of thiazole rings is 1. The van der Waals surface area contributed by atoms with E-state index in [9.17, 15) is 0 Å². The van der Waals surface area contributed by atoms with Crippen molar-refractivity contribution in [1.29, 1.82) is 0 Å². The summed E-state index contributed by atoms with van der Waals surface area (Å²) in [5, 5.41) is 13.7. The number of aryl methyl sites for hydroxylation is 2. The second-order valence-corrected chi connectivity index (χ2v) is 5.47. The first-order chi connectivity index (χ1) is 7.20. The summed E-state index contributed by atoms with van der Waals surface area (Å²) >= 11 is 1.80. The Labute approximate surface area is 94.5 Å². The molecule has 0 saturated carbocycles. The van der Waals surface area contributed by atoms with Crippen molar-refractivity contribution in [2.75, 3.05) is 6.61 Å². The molecule has 0 aliphatic heterocycles. The highest BCUT2D eigenvalue weighted by atomic mass is 32.1. The SMILES string of the molecule is Cc1nc2c(s1)C(NC(C)CO)CCC2. The van der Waals surface area contributed by atoms with Crippen LogP contribution >= 0.6 is 11.3 Å². The molecule has 1 heterocycles. The number of fused-ring (bicyclic) bond motifs is 1. The number of aliphatic hydroxyl groups is 1. The summed E-state index contributed by atoms with van der Waals surface area (Å²) in [6.07, 6.45) is 3.48.